The lowest BCUT2D eigenvalue weighted by molar-refractivity contribution is 0.102. The van der Waals surface area contributed by atoms with Crippen LogP contribution in [0.25, 0.3) is 0 Å². The Morgan fingerprint density at radius 2 is 1.85 bits per heavy atom. The minimum atomic E-state index is -0.450. The topological polar surface area (TPSA) is 74.9 Å². The molecule has 0 aliphatic heterocycles. The van der Waals surface area contributed by atoms with E-state index in [1.165, 1.54) is 35.0 Å². The number of benzene rings is 2. The predicted octanol–water partition coefficient (Wildman–Crippen LogP) is 4.33. The van der Waals surface area contributed by atoms with Gasteiger partial charge in [-0.15, -0.1) is 0 Å². The smallest absolute Gasteiger partial charge is 0.257 e. The van der Waals surface area contributed by atoms with E-state index in [1.54, 1.807) is 24.3 Å². The lowest BCUT2D eigenvalue weighted by atomic mass is 10.1. The molecule has 3 aromatic rings. The average Bonchev–Trinajstić information content (AvgIpc) is 2.64. The van der Waals surface area contributed by atoms with Gasteiger partial charge < -0.3 is 9.88 Å². The lowest BCUT2D eigenvalue weighted by Gasteiger charge is -2.10. The van der Waals surface area contributed by atoms with Crippen molar-refractivity contribution in [2.24, 2.45) is 0 Å². The zero-order valence-corrected chi connectivity index (χ0v) is 15.5. The number of carbonyl (C=O) groups excluding carboxylic acids is 1. The number of halogens is 2. The highest BCUT2D eigenvalue weighted by molar-refractivity contribution is 6.31. The van der Waals surface area contributed by atoms with Crippen LogP contribution in [0.1, 0.15) is 21.5 Å². The molecule has 0 fully saturated rings. The summed E-state index contributed by atoms with van der Waals surface area (Å²) in [7, 11) is 0. The van der Waals surface area contributed by atoms with Crippen molar-refractivity contribution in [3.63, 3.8) is 0 Å². The van der Waals surface area contributed by atoms with Crippen molar-refractivity contribution in [3.8, 4) is 6.07 Å². The quantitative estimate of drug-likeness (QED) is 0.711. The van der Waals surface area contributed by atoms with Crippen molar-refractivity contribution in [1.29, 1.82) is 5.26 Å². The van der Waals surface area contributed by atoms with E-state index >= 15 is 0 Å². The fourth-order valence-electron chi connectivity index (χ4n) is 2.53. The Labute approximate surface area is 165 Å². The number of amides is 1. The van der Waals surface area contributed by atoms with Crippen molar-refractivity contribution in [3.05, 3.63) is 97.9 Å². The van der Waals surface area contributed by atoms with E-state index in [2.05, 4.69) is 5.32 Å². The molecule has 0 aliphatic carbocycles. The molecule has 1 aromatic heterocycles. The molecule has 0 spiro atoms. The van der Waals surface area contributed by atoms with Gasteiger partial charge in [0.1, 0.15) is 6.07 Å². The van der Waals surface area contributed by atoms with Gasteiger partial charge in [0.05, 0.1) is 23.4 Å². The van der Waals surface area contributed by atoms with E-state index in [-0.39, 0.29) is 17.7 Å². The second-order valence-corrected chi connectivity index (χ2v) is 6.64. The van der Waals surface area contributed by atoms with Gasteiger partial charge in [0, 0.05) is 22.3 Å². The molecule has 134 valence electrons. The highest BCUT2D eigenvalue weighted by Gasteiger charge is 2.11. The van der Waals surface area contributed by atoms with Crippen LogP contribution in [0.4, 0.5) is 5.69 Å². The molecule has 0 bridgehead atoms. The van der Waals surface area contributed by atoms with Gasteiger partial charge in [-0.25, -0.2) is 0 Å². The largest absolute Gasteiger partial charge is 0.321 e. The third kappa shape index (κ3) is 4.56. The maximum Gasteiger partial charge on any atom is 0.257 e. The molecular weight excluding hydrogens is 385 g/mol. The monoisotopic (exact) mass is 397 g/mol. The minimum absolute atomic E-state index is 0.244. The van der Waals surface area contributed by atoms with Gasteiger partial charge in [-0.1, -0.05) is 35.3 Å². The van der Waals surface area contributed by atoms with Gasteiger partial charge >= 0.3 is 0 Å². The van der Waals surface area contributed by atoms with Crippen molar-refractivity contribution in [1.82, 2.24) is 4.57 Å². The summed E-state index contributed by atoms with van der Waals surface area (Å²) in [5, 5.41) is 12.8. The average molecular weight is 398 g/mol. The van der Waals surface area contributed by atoms with Crippen LogP contribution in [0.3, 0.4) is 0 Å². The Morgan fingerprint density at radius 1 is 1.07 bits per heavy atom. The summed E-state index contributed by atoms with van der Waals surface area (Å²) in [6, 6.07) is 16.5. The molecule has 1 N–H and O–H groups in total. The first kappa shape index (κ1) is 18.7. The summed E-state index contributed by atoms with van der Waals surface area (Å²) in [4.78, 5) is 24.7. The normalized spacial score (nSPS) is 10.3. The van der Waals surface area contributed by atoms with Gasteiger partial charge in [-0.05, 0) is 42.0 Å². The van der Waals surface area contributed by atoms with Gasteiger partial charge in [0.25, 0.3) is 11.5 Å². The first-order chi connectivity index (χ1) is 13.0. The number of nitrogens with one attached hydrogen (secondary N) is 1. The molecule has 1 heterocycles. The van der Waals surface area contributed by atoms with Crippen LogP contribution < -0.4 is 10.9 Å². The van der Waals surface area contributed by atoms with Crippen LogP contribution in [-0.2, 0) is 6.54 Å². The number of aromatic nitrogens is 1. The number of hydrogen-bond acceptors (Lipinski definition) is 3. The first-order valence-corrected chi connectivity index (χ1v) is 8.68. The van der Waals surface area contributed by atoms with Gasteiger partial charge in [0.2, 0.25) is 0 Å². The van der Waals surface area contributed by atoms with E-state index in [0.29, 0.717) is 21.3 Å². The van der Waals surface area contributed by atoms with E-state index < -0.39 is 5.91 Å². The van der Waals surface area contributed by atoms with Crippen molar-refractivity contribution in [2.45, 2.75) is 6.54 Å². The SMILES string of the molecule is N#Cc1ccc(Cl)cc1NC(=O)c1ccc(=O)n(Cc2cccc(Cl)c2)c1. The second kappa shape index (κ2) is 8.09. The number of carbonyl (C=O) groups is 1. The predicted molar refractivity (Wildman–Crippen MR) is 105 cm³/mol. The molecule has 1 amide bonds. The summed E-state index contributed by atoms with van der Waals surface area (Å²) >= 11 is 11.9. The van der Waals surface area contributed by atoms with E-state index in [1.807, 2.05) is 12.1 Å². The number of hydrogen-bond donors (Lipinski definition) is 1. The summed E-state index contributed by atoms with van der Waals surface area (Å²) in [5.74, 6) is -0.450. The Kier molecular flexibility index (Phi) is 5.60. The summed E-state index contributed by atoms with van der Waals surface area (Å²) in [6.07, 6.45) is 1.47. The van der Waals surface area contributed by atoms with E-state index in [4.69, 9.17) is 28.5 Å². The number of anilines is 1. The standard InChI is InChI=1S/C20H13Cl2N3O2/c21-16-3-1-2-13(8-16)11-25-12-15(5-7-19(25)26)20(27)24-18-9-17(22)6-4-14(18)10-23/h1-9,12H,11H2,(H,24,27). The summed E-state index contributed by atoms with van der Waals surface area (Å²) in [6.45, 7) is 0.279. The van der Waals surface area contributed by atoms with Crippen LogP contribution in [-0.4, -0.2) is 10.5 Å². The maximum absolute atomic E-state index is 12.6. The maximum atomic E-state index is 12.6. The van der Waals surface area contributed by atoms with Crippen molar-refractivity contribution < 1.29 is 4.79 Å². The van der Waals surface area contributed by atoms with Crippen molar-refractivity contribution >= 4 is 34.8 Å². The number of rotatable bonds is 4. The molecule has 0 atom stereocenters. The zero-order valence-electron chi connectivity index (χ0n) is 13.9. The van der Waals surface area contributed by atoms with Crippen LogP contribution >= 0.6 is 23.2 Å². The van der Waals surface area contributed by atoms with E-state index in [0.717, 1.165) is 5.56 Å². The molecule has 0 saturated carbocycles. The van der Waals surface area contributed by atoms with Gasteiger partial charge in [0.15, 0.2) is 0 Å². The molecular formula is C20H13Cl2N3O2. The molecule has 0 radical (unpaired) electrons. The van der Waals surface area contributed by atoms with Crippen molar-refractivity contribution in [2.75, 3.05) is 5.32 Å². The number of nitrogens with zero attached hydrogens (tertiary/aromatic N) is 2. The Balaban J connectivity index is 1.87. The first-order valence-electron chi connectivity index (χ1n) is 7.92. The third-order valence-corrected chi connectivity index (χ3v) is 4.31. The fraction of sp³-hybridized carbons (Fsp3) is 0.0500. The minimum Gasteiger partial charge on any atom is -0.321 e. The molecule has 0 saturated heterocycles. The van der Waals surface area contributed by atoms with E-state index in [9.17, 15) is 9.59 Å². The second-order valence-electron chi connectivity index (χ2n) is 5.77. The molecule has 2 aromatic carbocycles. The molecule has 7 heteroatoms. The Morgan fingerprint density at radius 3 is 2.59 bits per heavy atom. The molecule has 5 nitrogen and oxygen atoms in total. The molecule has 3 rings (SSSR count). The van der Waals surface area contributed by atoms with Gasteiger partial charge in [-0.2, -0.15) is 5.26 Å². The van der Waals surface area contributed by atoms with Gasteiger partial charge in [-0.3, -0.25) is 9.59 Å². The Bertz CT molecular complexity index is 1120. The number of pyridine rings is 1. The lowest BCUT2D eigenvalue weighted by Crippen LogP contribution is -2.22. The van der Waals surface area contributed by atoms with Crippen LogP contribution in [0, 0.1) is 11.3 Å². The fourth-order valence-corrected chi connectivity index (χ4v) is 2.92. The Hall–Kier alpha value is -3.07. The molecule has 27 heavy (non-hydrogen) atoms. The number of nitriles is 1. The summed E-state index contributed by atoms with van der Waals surface area (Å²) in [5.41, 5.74) is 1.47. The molecule has 0 aliphatic rings. The van der Waals surface area contributed by atoms with Crippen LogP contribution in [0.15, 0.2) is 65.6 Å². The molecule has 0 unspecified atom stereocenters. The zero-order chi connectivity index (χ0) is 19.4. The highest BCUT2D eigenvalue weighted by atomic mass is 35.5. The highest BCUT2D eigenvalue weighted by Crippen LogP contribution is 2.21. The summed E-state index contributed by atoms with van der Waals surface area (Å²) < 4.78 is 1.42. The third-order valence-electron chi connectivity index (χ3n) is 3.84. The van der Waals surface area contributed by atoms with Crippen LogP contribution in [0.5, 0.6) is 0 Å². The van der Waals surface area contributed by atoms with Crippen LogP contribution in [0.2, 0.25) is 10.0 Å².